The molecule has 72 heavy (non-hydrogen) atoms. The molecule has 0 bridgehead atoms. The van der Waals surface area contributed by atoms with Gasteiger partial charge in [-0.15, -0.1) is 0 Å². The largest absolute Gasteiger partial charge is 0.394 e. The first-order valence-electron chi connectivity index (χ1n) is 26.0. The molecule has 5 heterocycles. The molecule has 29 unspecified atom stereocenters. The van der Waals surface area contributed by atoms with E-state index < -0.39 is 149 Å². The third-order valence-electron chi connectivity index (χ3n) is 18.4. The molecule has 22 nitrogen and oxygen atoms in total. The maximum absolute atomic E-state index is 12.2. The monoisotopic (exact) mass is 1030 g/mol. The van der Waals surface area contributed by atoms with E-state index in [1.54, 1.807) is 0 Å². The smallest absolute Gasteiger partial charge is 0.188 e. The number of allylic oxidation sites excluding steroid dienone is 2. The average molecular weight is 1030 g/mol. The molecule has 0 amide bonds. The summed E-state index contributed by atoms with van der Waals surface area (Å²) >= 11 is 0. The number of epoxide rings is 1. The second kappa shape index (κ2) is 21.4. The minimum absolute atomic E-state index is 0.0171. The second-order valence-electron chi connectivity index (χ2n) is 22.9. The van der Waals surface area contributed by atoms with Crippen LogP contribution in [0.4, 0.5) is 0 Å². The minimum atomic E-state index is -2.00. The van der Waals surface area contributed by atoms with E-state index in [0.717, 1.165) is 32.1 Å². The summed E-state index contributed by atoms with van der Waals surface area (Å²) in [5.41, 5.74) is 1.14. The summed E-state index contributed by atoms with van der Waals surface area (Å²) in [6, 6.07) is 0. The lowest BCUT2D eigenvalue weighted by atomic mass is 9.47. The summed E-state index contributed by atoms with van der Waals surface area (Å²) in [5, 5.41) is 131. The van der Waals surface area contributed by atoms with Gasteiger partial charge in [0, 0.05) is 13.0 Å². The first-order chi connectivity index (χ1) is 34.1. The van der Waals surface area contributed by atoms with Crippen molar-refractivity contribution in [1.29, 1.82) is 0 Å². The van der Waals surface area contributed by atoms with E-state index >= 15 is 0 Å². The predicted molar refractivity (Wildman–Crippen MR) is 244 cm³/mol. The van der Waals surface area contributed by atoms with Crippen LogP contribution in [0.2, 0.25) is 0 Å². The van der Waals surface area contributed by atoms with Crippen LogP contribution in [0, 0.1) is 46.3 Å². The molecule has 9 rings (SSSR count). The Hall–Kier alpha value is -1.40. The molecule has 22 heteroatoms. The van der Waals surface area contributed by atoms with Gasteiger partial charge in [0.15, 0.2) is 37.2 Å². The quantitative estimate of drug-likeness (QED) is 0.0453. The number of aliphatic hydroxyl groups is 12. The van der Waals surface area contributed by atoms with Gasteiger partial charge in [0.25, 0.3) is 0 Å². The second-order valence-corrected chi connectivity index (χ2v) is 22.9. The van der Waals surface area contributed by atoms with Crippen molar-refractivity contribution >= 4 is 0 Å². The fourth-order valence-electron chi connectivity index (χ4n) is 14.3. The normalized spacial score (nSPS) is 53.1. The number of fused-ring (bicyclic) bond motifs is 7. The van der Waals surface area contributed by atoms with Gasteiger partial charge in [-0.1, -0.05) is 52.3 Å². The number of hydrogen-bond donors (Lipinski definition) is 12. The molecule has 0 spiro atoms. The zero-order valence-electron chi connectivity index (χ0n) is 41.8. The van der Waals surface area contributed by atoms with Gasteiger partial charge in [-0.05, 0) is 91.4 Å². The van der Waals surface area contributed by atoms with Crippen LogP contribution in [0.25, 0.3) is 0 Å². The van der Waals surface area contributed by atoms with Gasteiger partial charge in [-0.3, -0.25) is 0 Å². The molecule has 29 atom stereocenters. The first kappa shape index (κ1) is 55.4. The van der Waals surface area contributed by atoms with E-state index in [2.05, 4.69) is 40.7 Å². The Morgan fingerprint density at radius 2 is 1.38 bits per heavy atom. The van der Waals surface area contributed by atoms with Gasteiger partial charge in [-0.25, -0.2) is 0 Å². The lowest BCUT2D eigenvalue weighted by Gasteiger charge is -2.58. The fourth-order valence-corrected chi connectivity index (χ4v) is 14.3. The summed E-state index contributed by atoms with van der Waals surface area (Å²) < 4.78 is 58.9. The molecule has 12 N–H and O–H groups in total. The molecule has 5 aliphatic heterocycles. The molecule has 8 fully saturated rings. The van der Waals surface area contributed by atoms with Gasteiger partial charge < -0.3 is 109 Å². The van der Waals surface area contributed by atoms with Crippen molar-refractivity contribution in [3.63, 3.8) is 0 Å². The third-order valence-corrected chi connectivity index (χ3v) is 18.4. The molecular weight excluding hydrogens is 953 g/mol. The molecular formula is C50H80O22. The molecule has 5 saturated heterocycles. The summed E-state index contributed by atoms with van der Waals surface area (Å²) in [4.78, 5) is 0. The van der Waals surface area contributed by atoms with Crippen molar-refractivity contribution in [1.82, 2.24) is 0 Å². The highest BCUT2D eigenvalue weighted by molar-refractivity contribution is 5.27. The molecule has 0 radical (unpaired) electrons. The fraction of sp³-hybridized carbons (Fsp3) is 0.920. The lowest BCUT2D eigenvalue weighted by molar-refractivity contribution is -0.389. The highest BCUT2D eigenvalue weighted by Crippen LogP contribution is 2.70. The Kier molecular flexibility index (Phi) is 16.5. The van der Waals surface area contributed by atoms with E-state index in [-0.39, 0.29) is 28.8 Å². The Morgan fingerprint density at radius 1 is 0.722 bits per heavy atom. The molecule has 0 aromatic rings. The van der Waals surface area contributed by atoms with E-state index in [9.17, 15) is 61.3 Å². The molecule has 0 aromatic carbocycles. The Morgan fingerprint density at radius 3 is 2.03 bits per heavy atom. The summed E-state index contributed by atoms with van der Waals surface area (Å²) in [6.07, 6.45) is -19.8. The van der Waals surface area contributed by atoms with Crippen LogP contribution in [-0.4, -0.2) is 223 Å². The van der Waals surface area contributed by atoms with Crippen molar-refractivity contribution in [3.8, 4) is 0 Å². The summed E-state index contributed by atoms with van der Waals surface area (Å²) in [7, 11) is 1.36. The number of aliphatic hydroxyl groups excluding tert-OH is 11. The maximum atomic E-state index is 12.2. The van der Waals surface area contributed by atoms with E-state index in [1.165, 1.54) is 12.7 Å². The van der Waals surface area contributed by atoms with Crippen LogP contribution < -0.4 is 0 Å². The van der Waals surface area contributed by atoms with Crippen LogP contribution >= 0.6 is 0 Å². The SMILES string of the molecule is COC1OC1C(O)C(O)OC1C(OC2CCC3(C)C(=CCC4C3CCC3(C)C4CC4OC(O)(C=CC(C)C)C(C)C43)C2)OC(CO)C(OC2OC(CO)C(O)C(OC3OC(CO)C(O)C(O)C3O)C2O)C1O. The zero-order chi connectivity index (χ0) is 51.9. The van der Waals surface area contributed by atoms with Crippen molar-refractivity contribution in [2.24, 2.45) is 46.3 Å². The van der Waals surface area contributed by atoms with E-state index in [1.807, 2.05) is 12.2 Å². The maximum Gasteiger partial charge on any atom is 0.188 e. The lowest BCUT2D eigenvalue weighted by Crippen LogP contribution is -2.67. The van der Waals surface area contributed by atoms with Crippen molar-refractivity contribution < 1.29 is 109 Å². The number of methoxy groups -OCH3 is 1. The standard InChI is InChI=1S/C50H80O22/c1-20(2)9-14-50(62)21(3)31-27(72-50)16-26-24-8-7-22-15-23(10-12-48(22,4)25(24)11-13-49(26,31)5)64-47-41(68-43(61)37(59)42-46(63-6)71-42)36(58)39(30(19-53)67-47)69-45-38(60)40(33(55)29(18-52)66-45)70-44-35(57)34(56)32(54)28(17-51)65-44/h7,9,14,20-21,23-47,51-62H,8,10-13,15-19H2,1-6H3. The number of ether oxygens (including phenoxy) is 10. The van der Waals surface area contributed by atoms with Gasteiger partial charge in [-0.2, -0.15) is 0 Å². The van der Waals surface area contributed by atoms with Gasteiger partial charge >= 0.3 is 0 Å². The van der Waals surface area contributed by atoms with Crippen LogP contribution in [0.3, 0.4) is 0 Å². The molecule has 0 aromatic heterocycles. The Bertz CT molecular complexity index is 1910. The van der Waals surface area contributed by atoms with Crippen LogP contribution in [-0.2, 0) is 47.4 Å². The minimum Gasteiger partial charge on any atom is -0.394 e. The topological polar surface area (TPSA) is 338 Å². The Labute approximate surface area is 419 Å². The van der Waals surface area contributed by atoms with Crippen molar-refractivity contribution in [3.05, 3.63) is 23.8 Å². The zero-order valence-corrected chi connectivity index (χ0v) is 41.8. The third kappa shape index (κ3) is 9.83. The highest BCUT2D eigenvalue weighted by atomic mass is 16.8. The first-order valence-corrected chi connectivity index (χ1v) is 26.0. The molecule has 4 aliphatic carbocycles. The molecule has 9 aliphatic rings. The van der Waals surface area contributed by atoms with E-state index in [0.29, 0.717) is 36.5 Å². The van der Waals surface area contributed by atoms with Gasteiger partial charge in [0.2, 0.25) is 0 Å². The Balaban J connectivity index is 0.909. The van der Waals surface area contributed by atoms with Crippen LogP contribution in [0.15, 0.2) is 23.8 Å². The summed E-state index contributed by atoms with van der Waals surface area (Å²) in [5.74, 6) is 0.485. The molecule has 412 valence electrons. The van der Waals surface area contributed by atoms with E-state index in [4.69, 9.17) is 47.4 Å². The highest BCUT2D eigenvalue weighted by Gasteiger charge is 2.68. The number of rotatable bonds is 16. The summed E-state index contributed by atoms with van der Waals surface area (Å²) in [6.45, 7) is 8.63. The molecule has 3 saturated carbocycles. The van der Waals surface area contributed by atoms with Crippen molar-refractivity contribution in [2.75, 3.05) is 26.9 Å². The predicted octanol–water partition coefficient (Wildman–Crippen LogP) is -1.98. The van der Waals surface area contributed by atoms with Gasteiger partial charge in [0.05, 0.1) is 32.0 Å². The average Bonchev–Trinajstić information content (AvgIpc) is 4.02. The number of hydrogen-bond acceptors (Lipinski definition) is 22. The van der Waals surface area contributed by atoms with Crippen molar-refractivity contribution in [2.45, 2.75) is 214 Å². The van der Waals surface area contributed by atoms with Crippen LogP contribution in [0.5, 0.6) is 0 Å². The van der Waals surface area contributed by atoms with Gasteiger partial charge in [0.1, 0.15) is 85.5 Å². The van der Waals surface area contributed by atoms with Crippen LogP contribution in [0.1, 0.15) is 79.6 Å².